The molecule has 10 heteroatoms. The molecule has 1 heterocycles. The summed E-state index contributed by atoms with van der Waals surface area (Å²) >= 11 is 5.26. The van der Waals surface area contributed by atoms with Crippen LogP contribution in [0.4, 0.5) is 5.95 Å². The molecule has 1 N–H and O–H groups in total. The van der Waals surface area contributed by atoms with Gasteiger partial charge in [-0.05, 0) is 133 Å². The van der Waals surface area contributed by atoms with Gasteiger partial charge in [-0.15, -0.1) is 0 Å². The summed E-state index contributed by atoms with van der Waals surface area (Å²) in [6.07, 6.45) is 5.92. The molecule has 39 heavy (non-hydrogen) atoms. The first kappa shape index (κ1) is 29.5. The van der Waals surface area contributed by atoms with Crippen LogP contribution in [0.3, 0.4) is 0 Å². The van der Waals surface area contributed by atoms with Gasteiger partial charge < -0.3 is 5.32 Å². The van der Waals surface area contributed by atoms with Crippen molar-refractivity contribution in [2.24, 2.45) is 0 Å². The van der Waals surface area contributed by atoms with Gasteiger partial charge in [-0.25, -0.2) is 0 Å². The molecule has 202 valence electrons. The first-order valence-corrected chi connectivity index (χ1v) is 15.9. The Balaban J connectivity index is 1.51. The van der Waals surface area contributed by atoms with Gasteiger partial charge in [0.15, 0.2) is 10.3 Å². The number of hydrogen-bond donors (Lipinski definition) is 1. The summed E-state index contributed by atoms with van der Waals surface area (Å²) in [4.78, 5) is 41.8. The molecule has 0 amide bonds. The van der Waals surface area contributed by atoms with Crippen molar-refractivity contribution in [2.75, 3.05) is 5.32 Å². The van der Waals surface area contributed by atoms with Gasteiger partial charge in [0.05, 0.1) is 0 Å². The first-order valence-electron chi connectivity index (χ1n) is 12.6. The van der Waals surface area contributed by atoms with Gasteiger partial charge in [0, 0.05) is 25.6 Å². The molecule has 0 unspecified atom stereocenters. The maximum absolute atomic E-state index is 12.0. The smallest absolute Gasteiger partial charge is 0.227 e. The Morgan fingerprint density at radius 1 is 0.692 bits per heavy atom. The molecule has 1 fully saturated rings. The quantitative estimate of drug-likeness (QED) is 0.183. The van der Waals surface area contributed by atoms with Crippen LogP contribution in [0.25, 0.3) is 0 Å². The third-order valence-electron chi connectivity index (χ3n) is 5.72. The standard InChI is InChI=1S/C29H30N4O2S4/c1-18(2)25(34)36-21-10-14-23(15-11-21)38-28-31-27(30-20-8-6-5-7-9-20)32-29(33-28)39-24-16-12-22(13-17-24)37-26(35)19(3)4/h10-17,20H,1,3,5-9H2,2,4H3,(H,30,31,32,33). The number of rotatable bonds is 10. The highest BCUT2D eigenvalue weighted by molar-refractivity contribution is 8.14. The second kappa shape index (κ2) is 14.2. The fourth-order valence-corrected chi connectivity index (χ4v) is 6.55. The summed E-state index contributed by atoms with van der Waals surface area (Å²) in [6.45, 7) is 10.9. The van der Waals surface area contributed by atoms with Crippen molar-refractivity contribution in [1.29, 1.82) is 0 Å². The monoisotopic (exact) mass is 594 g/mol. The van der Waals surface area contributed by atoms with Crippen molar-refractivity contribution >= 4 is 63.2 Å². The van der Waals surface area contributed by atoms with Crippen molar-refractivity contribution in [3.05, 3.63) is 72.8 Å². The third kappa shape index (κ3) is 9.27. The number of carbonyl (C=O) groups excluding carboxylic acids is 2. The van der Waals surface area contributed by atoms with E-state index in [1.165, 1.54) is 66.3 Å². The summed E-state index contributed by atoms with van der Waals surface area (Å²) in [5.74, 6) is 0.584. The van der Waals surface area contributed by atoms with Gasteiger partial charge in [-0.2, -0.15) is 15.0 Å². The zero-order valence-electron chi connectivity index (χ0n) is 21.9. The SMILES string of the molecule is C=C(C)C(=O)Sc1ccc(Sc2nc(NC3CCCCC3)nc(Sc3ccc(SC(=O)C(=C)C)cc3)n2)cc1. The minimum absolute atomic E-state index is 0.0398. The van der Waals surface area contributed by atoms with Gasteiger partial charge in [0.2, 0.25) is 16.2 Å². The second-order valence-corrected chi connectivity index (χ2v) is 13.4. The fraction of sp³-hybridized carbons (Fsp3) is 0.276. The Kier molecular flexibility index (Phi) is 10.7. The lowest BCUT2D eigenvalue weighted by molar-refractivity contribution is -0.108. The van der Waals surface area contributed by atoms with E-state index in [0.717, 1.165) is 32.4 Å². The highest BCUT2D eigenvalue weighted by Gasteiger charge is 2.17. The Labute approximate surface area is 246 Å². The average Bonchev–Trinajstić information content (AvgIpc) is 2.91. The molecule has 0 saturated heterocycles. The lowest BCUT2D eigenvalue weighted by Crippen LogP contribution is -2.23. The Morgan fingerprint density at radius 2 is 1.10 bits per heavy atom. The average molecular weight is 595 g/mol. The summed E-state index contributed by atoms with van der Waals surface area (Å²) in [7, 11) is 0. The van der Waals surface area contributed by atoms with Gasteiger partial charge in [0.25, 0.3) is 0 Å². The Hall–Kier alpha value is -2.53. The summed E-state index contributed by atoms with van der Waals surface area (Å²) in [5.41, 5.74) is 1.06. The van der Waals surface area contributed by atoms with Crippen molar-refractivity contribution in [3.63, 3.8) is 0 Å². The number of hydrogen-bond acceptors (Lipinski definition) is 10. The van der Waals surface area contributed by atoms with E-state index < -0.39 is 0 Å². The minimum Gasteiger partial charge on any atom is -0.351 e. The van der Waals surface area contributed by atoms with Crippen molar-refractivity contribution in [1.82, 2.24) is 15.0 Å². The van der Waals surface area contributed by atoms with Crippen LogP contribution in [-0.4, -0.2) is 31.2 Å². The van der Waals surface area contributed by atoms with Crippen molar-refractivity contribution < 1.29 is 9.59 Å². The molecule has 1 aliphatic carbocycles. The Morgan fingerprint density at radius 3 is 1.51 bits per heavy atom. The van der Waals surface area contributed by atoms with Crippen molar-refractivity contribution in [3.8, 4) is 0 Å². The summed E-state index contributed by atoms with van der Waals surface area (Å²) in [5, 5.41) is 4.65. The van der Waals surface area contributed by atoms with E-state index in [2.05, 4.69) is 18.5 Å². The number of aromatic nitrogens is 3. The van der Waals surface area contributed by atoms with E-state index in [4.69, 9.17) is 15.0 Å². The van der Waals surface area contributed by atoms with E-state index in [9.17, 15) is 9.59 Å². The van der Waals surface area contributed by atoms with E-state index in [1.807, 2.05) is 48.5 Å². The normalized spacial score (nSPS) is 13.6. The number of nitrogens with one attached hydrogen (secondary N) is 1. The zero-order valence-corrected chi connectivity index (χ0v) is 25.2. The van der Waals surface area contributed by atoms with E-state index in [0.29, 0.717) is 33.4 Å². The lowest BCUT2D eigenvalue weighted by Gasteiger charge is -2.22. The number of nitrogens with zero attached hydrogens (tertiary/aromatic N) is 3. The Bertz CT molecular complexity index is 1260. The van der Waals surface area contributed by atoms with Gasteiger partial charge in [-0.1, -0.05) is 32.4 Å². The maximum atomic E-state index is 12.0. The largest absolute Gasteiger partial charge is 0.351 e. The minimum atomic E-state index is -0.0398. The van der Waals surface area contributed by atoms with Gasteiger partial charge >= 0.3 is 0 Å². The molecule has 2 aromatic carbocycles. The second-order valence-electron chi connectivity index (χ2n) is 9.19. The molecule has 0 aliphatic heterocycles. The predicted molar refractivity (Wildman–Crippen MR) is 163 cm³/mol. The summed E-state index contributed by atoms with van der Waals surface area (Å²) in [6, 6.07) is 15.9. The number of carbonyl (C=O) groups is 2. The molecule has 0 spiro atoms. The van der Waals surface area contributed by atoms with Crippen LogP contribution in [0.15, 0.2) is 103 Å². The van der Waals surface area contributed by atoms with Gasteiger partial charge in [-0.3, -0.25) is 9.59 Å². The van der Waals surface area contributed by atoms with Crippen LogP contribution in [-0.2, 0) is 9.59 Å². The molecule has 0 radical (unpaired) electrons. The van der Waals surface area contributed by atoms with Crippen LogP contribution in [0.1, 0.15) is 46.0 Å². The number of benzene rings is 2. The predicted octanol–water partition coefficient (Wildman–Crippen LogP) is 8.31. The van der Waals surface area contributed by atoms with E-state index in [-0.39, 0.29) is 10.2 Å². The molecule has 0 atom stereocenters. The first-order chi connectivity index (χ1) is 18.7. The van der Waals surface area contributed by atoms with Crippen molar-refractivity contribution in [2.45, 2.75) is 81.9 Å². The molecular weight excluding hydrogens is 565 g/mol. The van der Waals surface area contributed by atoms with E-state index in [1.54, 1.807) is 13.8 Å². The lowest BCUT2D eigenvalue weighted by atomic mass is 9.96. The summed E-state index contributed by atoms with van der Waals surface area (Å²) < 4.78 is 0. The topological polar surface area (TPSA) is 84.8 Å². The molecule has 1 saturated carbocycles. The highest BCUT2D eigenvalue weighted by Crippen LogP contribution is 2.33. The maximum Gasteiger partial charge on any atom is 0.227 e. The number of anilines is 1. The van der Waals surface area contributed by atoms with Gasteiger partial charge in [0.1, 0.15) is 0 Å². The van der Waals surface area contributed by atoms with Crippen LogP contribution in [0, 0.1) is 0 Å². The van der Waals surface area contributed by atoms with Crippen LogP contribution in [0.5, 0.6) is 0 Å². The van der Waals surface area contributed by atoms with E-state index >= 15 is 0 Å². The molecule has 3 aromatic rings. The molecule has 1 aromatic heterocycles. The highest BCUT2D eigenvalue weighted by atomic mass is 32.2. The fourth-order valence-electron chi connectivity index (χ4n) is 3.67. The zero-order chi connectivity index (χ0) is 27.8. The van der Waals surface area contributed by atoms with Crippen LogP contribution >= 0.6 is 47.0 Å². The number of thioether (sulfide) groups is 2. The molecule has 0 bridgehead atoms. The molecule has 1 aliphatic rings. The third-order valence-corrected chi connectivity index (χ3v) is 9.55. The molecular formula is C29H30N4O2S4. The van der Waals surface area contributed by atoms with Crippen LogP contribution in [0.2, 0.25) is 0 Å². The van der Waals surface area contributed by atoms with Crippen LogP contribution < -0.4 is 5.32 Å². The molecule has 6 nitrogen and oxygen atoms in total. The molecule has 4 rings (SSSR count).